The maximum absolute atomic E-state index is 5.95. The van der Waals surface area contributed by atoms with Gasteiger partial charge in [0.05, 0.1) is 10.5 Å². The lowest BCUT2D eigenvalue weighted by molar-refractivity contribution is 0.183. The van der Waals surface area contributed by atoms with Crippen molar-refractivity contribution in [1.29, 1.82) is 0 Å². The Hall–Kier alpha value is 0.160. The number of likely N-dealkylation sites (tertiary alicyclic amines) is 1. The van der Waals surface area contributed by atoms with Crippen molar-refractivity contribution >= 4 is 31.9 Å². The topological polar surface area (TPSA) is 42.4 Å². The van der Waals surface area contributed by atoms with Crippen LogP contribution in [0.15, 0.2) is 19.6 Å². The molecule has 1 aromatic rings. The van der Waals surface area contributed by atoms with Gasteiger partial charge in [0.25, 0.3) is 0 Å². The smallest absolute Gasteiger partial charge is 0.183 e. The van der Waals surface area contributed by atoms with Crippen molar-refractivity contribution < 1.29 is 4.42 Å². The van der Waals surface area contributed by atoms with Crippen LogP contribution in [-0.4, -0.2) is 24.5 Å². The minimum Gasteiger partial charge on any atom is -0.451 e. The van der Waals surface area contributed by atoms with E-state index >= 15 is 0 Å². The van der Waals surface area contributed by atoms with Crippen molar-refractivity contribution in [2.45, 2.75) is 32.2 Å². The summed E-state index contributed by atoms with van der Waals surface area (Å²) in [5.74, 6) is 1.77. The molecule has 2 unspecified atom stereocenters. The monoisotopic (exact) mass is 378 g/mol. The van der Waals surface area contributed by atoms with Crippen molar-refractivity contribution in [2.75, 3.05) is 19.6 Å². The third-order valence-electron chi connectivity index (χ3n) is 3.71. The predicted molar refractivity (Wildman–Crippen MR) is 80.5 cm³/mol. The zero-order valence-corrected chi connectivity index (χ0v) is 13.8. The van der Waals surface area contributed by atoms with Gasteiger partial charge < -0.3 is 10.2 Å². The summed E-state index contributed by atoms with van der Waals surface area (Å²) in [6, 6.07) is 2.22. The number of hydrogen-bond acceptors (Lipinski definition) is 3. The number of halogens is 2. The van der Waals surface area contributed by atoms with Crippen LogP contribution in [0, 0.1) is 5.92 Å². The van der Waals surface area contributed by atoms with Crippen molar-refractivity contribution in [3.63, 3.8) is 0 Å². The maximum Gasteiger partial charge on any atom is 0.183 e. The third kappa shape index (κ3) is 3.38. The van der Waals surface area contributed by atoms with Crippen LogP contribution in [0.5, 0.6) is 0 Å². The van der Waals surface area contributed by atoms with Gasteiger partial charge in [-0.1, -0.05) is 6.92 Å². The first kappa shape index (κ1) is 14.6. The van der Waals surface area contributed by atoms with Gasteiger partial charge in [0.15, 0.2) is 4.67 Å². The number of furan rings is 1. The second-order valence-electron chi connectivity index (χ2n) is 5.09. The quantitative estimate of drug-likeness (QED) is 0.865. The molecule has 5 heteroatoms. The molecule has 1 aromatic heterocycles. The molecule has 1 saturated heterocycles. The fraction of sp³-hybridized carbons (Fsp3) is 0.692. The molecule has 2 atom stereocenters. The van der Waals surface area contributed by atoms with Crippen LogP contribution >= 0.6 is 31.9 Å². The molecular formula is C13H20Br2N2O. The van der Waals surface area contributed by atoms with Crippen LogP contribution < -0.4 is 5.73 Å². The van der Waals surface area contributed by atoms with E-state index in [9.17, 15) is 0 Å². The Balaban J connectivity index is 2.12. The van der Waals surface area contributed by atoms with Crippen LogP contribution in [0.1, 0.15) is 38.0 Å². The molecule has 1 fully saturated rings. The molecule has 0 saturated carbocycles. The molecular weight excluding hydrogens is 360 g/mol. The minimum atomic E-state index is 0.192. The van der Waals surface area contributed by atoms with Gasteiger partial charge >= 0.3 is 0 Å². The highest BCUT2D eigenvalue weighted by atomic mass is 79.9. The highest BCUT2D eigenvalue weighted by molar-refractivity contribution is 9.13. The van der Waals surface area contributed by atoms with Crippen molar-refractivity contribution in [3.05, 3.63) is 21.0 Å². The molecule has 2 rings (SSSR count). The molecule has 0 aliphatic carbocycles. The zero-order valence-electron chi connectivity index (χ0n) is 10.7. The lowest BCUT2D eigenvalue weighted by Crippen LogP contribution is -2.34. The molecule has 18 heavy (non-hydrogen) atoms. The van der Waals surface area contributed by atoms with Gasteiger partial charge in [-0.25, -0.2) is 0 Å². The molecule has 0 bridgehead atoms. The second-order valence-corrected chi connectivity index (χ2v) is 6.67. The Bertz CT molecular complexity index is 375. The highest BCUT2D eigenvalue weighted by Crippen LogP contribution is 2.33. The maximum atomic E-state index is 5.95. The minimum absolute atomic E-state index is 0.192. The van der Waals surface area contributed by atoms with Crippen LogP contribution in [0.2, 0.25) is 0 Å². The predicted octanol–water partition coefficient (Wildman–Crippen LogP) is 3.93. The summed E-state index contributed by atoms with van der Waals surface area (Å²) in [5, 5.41) is 0. The van der Waals surface area contributed by atoms with E-state index in [0.717, 1.165) is 33.9 Å². The van der Waals surface area contributed by atoms with E-state index in [1.54, 1.807) is 0 Å². The molecule has 1 aliphatic rings. The Morgan fingerprint density at radius 3 is 2.83 bits per heavy atom. The summed E-state index contributed by atoms with van der Waals surface area (Å²) >= 11 is 6.85. The van der Waals surface area contributed by atoms with Crippen molar-refractivity contribution in [1.82, 2.24) is 4.90 Å². The Labute approximate surface area is 125 Å². The van der Waals surface area contributed by atoms with E-state index in [2.05, 4.69) is 43.7 Å². The summed E-state index contributed by atoms with van der Waals surface area (Å²) in [5.41, 5.74) is 5.95. The van der Waals surface area contributed by atoms with Crippen LogP contribution in [-0.2, 0) is 0 Å². The second kappa shape index (κ2) is 6.55. The average molecular weight is 380 g/mol. The number of hydrogen-bond donors (Lipinski definition) is 1. The Morgan fingerprint density at radius 1 is 1.44 bits per heavy atom. The summed E-state index contributed by atoms with van der Waals surface area (Å²) in [4.78, 5) is 2.46. The molecule has 3 nitrogen and oxygen atoms in total. The van der Waals surface area contributed by atoms with Crippen molar-refractivity contribution in [2.24, 2.45) is 11.7 Å². The lowest BCUT2D eigenvalue weighted by atomic mass is 10.0. The first-order chi connectivity index (χ1) is 8.61. The molecule has 2 N–H and O–H groups in total. The first-order valence-corrected chi connectivity index (χ1v) is 8.09. The lowest BCUT2D eigenvalue weighted by Gasteiger charge is -2.28. The third-order valence-corrected chi connectivity index (χ3v) is 5.42. The zero-order chi connectivity index (χ0) is 13.1. The molecule has 1 aliphatic heterocycles. The first-order valence-electron chi connectivity index (χ1n) is 6.50. The largest absolute Gasteiger partial charge is 0.451 e. The number of nitrogens with zero attached hydrogens (tertiary/aromatic N) is 1. The van der Waals surface area contributed by atoms with E-state index in [1.807, 2.05) is 6.07 Å². The molecule has 102 valence electrons. The van der Waals surface area contributed by atoms with Gasteiger partial charge in [-0.15, -0.1) is 0 Å². The summed E-state index contributed by atoms with van der Waals surface area (Å²) in [6.45, 7) is 5.16. The number of rotatable bonds is 3. The van der Waals surface area contributed by atoms with E-state index < -0.39 is 0 Å². The Kier molecular flexibility index (Phi) is 5.30. The van der Waals surface area contributed by atoms with E-state index in [-0.39, 0.29) is 6.04 Å². The van der Waals surface area contributed by atoms with Gasteiger partial charge in [0.2, 0.25) is 0 Å². The van der Waals surface area contributed by atoms with Gasteiger partial charge in [-0.3, -0.25) is 4.90 Å². The van der Waals surface area contributed by atoms with E-state index in [0.29, 0.717) is 6.54 Å². The number of nitrogens with two attached hydrogens (primary N) is 1. The standard InChI is InChI=1S/C13H20Br2N2O/c1-9-3-2-5-17(6-4-9)11(8-16)12-7-10(14)13(15)18-12/h7,9,11H,2-6,8,16H2,1H3. The average Bonchev–Trinajstić information content (AvgIpc) is 2.53. The fourth-order valence-corrected chi connectivity index (χ4v) is 3.18. The van der Waals surface area contributed by atoms with E-state index in [1.165, 1.54) is 19.3 Å². The summed E-state index contributed by atoms with van der Waals surface area (Å²) < 4.78 is 7.44. The van der Waals surface area contributed by atoms with Gasteiger partial charge in [-0.2, -0.15) is 0 Å². The van der Waals surface area contributed by atoms with Gasteiger partial charge in [0.1, 0.15) is 5.76 Å². The van der Waals surface area contributed by atoms with Gasteiger partial charge in [-0.05, 0) is 76.2 Å². The van der Waals surface area contributed by atoms with Gasteiger partial charge in [0, 0.05) is 6.54 Å². The van der Waals surface area contributed by atoms with Crippen molar-refractivity contribution in [3.8, 4) is 0 Å². The summed E-state index contributed by atoms with van der Waals surface area (Å²) in [7, 11) is 0. The normalized spacial score (nSPS) is 23.9. The molecule has 0 aromatic carbocycles. The van der Waals surface area contributed by atoms with Crippen LogP contribution in [0.25, 0.3) is 0 Å². The Morgan fingerprint density at radius 2 is 2.22 bits per heavy atom. The summed E-state index contributed by atoms with van der Waals surface area (Å²) in [6.07, 6.45) is 3.82. The fourth-order valence-electron chi connectivity index (χ4n) is 2.57. The highest BCUT2D eigenvalue weighted by Gasteiger charge is 2.25. The SMILES string of the molecule is CC1CCCN(C(CN)c2cc(Br)c(Br)o2)CC1. The van der Waals surface area contributed by atoms with Crippen LogP contribution in [0.3, 0.4) is 0 Å². The molecule has 0 spiro atoms. The molecule has 0 radical (unpaired) electrons. The molecule has 0 amide bonds. The van der Waals surface area contributed by atoms with Crippen LogP contribution in [0.4, 0.5) is 0 Å². The van der Waals surface area contributed by atoms with E-state index in [4.69, 9.17) is 10.2 Å². The molecule has 2 heterocycles.